The fraction of sp³-hybridized carbons (Fsp3) is 0.214. The maximum atomic E-state index is 5.70. The van der Waals surface area contributed by atoms with Gasteiger partial charge in [0.1, 0.15) is 12.1 Å². The van der Waals surface area contributed by atoms with Gasteiger partial charge >= 0.3 is 0 Å². The Morgan fingerprint density at radius 1 is 1.20 bits per heavy atom. The van der Waals surface area contributed by atoms with Crippen molar-refractivity contribution in [3.63, 3.8) is 0 Å². The van der Waals surface area contributed by atoms with Crippen molar-refractivity contribution < 1.29 is 0 Å². The summed E-state index contributed by atoms with van der Waals surface area (Å²) in [5.41, 5.74) is 8.43. The zero-order chi connectivity index (χ0) is 14.1. The molecule has 0 aliphatic carbocycles. The van der Waals surface area contributed by atoms with E-state index < -0.39 is 0 Å². The molecule has 0 amide bonds. The predicted octanol–water partition coefficient (Wildman–Crippen LogP) is 2.12. The zero-order valence-electron chi connectivity index (χ0n) is 11.4. The van der Waals surface area contributed by atoms with Gasteiger partial charge < -0.3 is 11.1 Å². The molecule has 1 aromatic carbocycles. The Morgan fingerprint density at radius 2 is 1.95 bits per heavy atom. The number of nitrogens with two attached hydrogens (primary N) is 1. The molecular weight excluding hydrogens is 252 g/mol. The fourth-order valence-corrected chi connectivity index (χ4v) is 2.15. The Morgan fingerprint density at radius 3 is 2.70 bits per heavy atom. The number of hydrogen-bond donors (Lipinski definition) is 2. The van der Waals surface area contributed by atoms with E-state index in [9.17, 15) is 0 Å². The normalized spacial score (nSPS) is 12.5. The highest BCUT2D eigenvalue weighted by atomic mass is 15.3. The van der Waals surface area contributed by atoms with Crippen molar-refractivity contribution in [2.45, 2.75) is 13.0 Å². The molecule has 0 bridgehead atoms. The molecule has 0 saturated heterocycles. The number of rotatable bonds is 3. The topological polar surface area (TPSA) is 81.7 Å². The zero-order valence-corrected chi connectivity index (χ0v) is 11.4. The van der Waals surface area contributed by atoms with Crippen LogP contribution in [0.25, 0.3) is 11.0 Å². The van der Waals surface area contributed by atoms with Crippen molar-refractivity contribution in [1.82, 2.24) is 19.7 Å². The highest BCUT2D eigenvalue weighted by Crippen LogP contribution is 2.23. The first-order valence-electron chi connectivity index (χ1n) is 6.40. The molecule has 2 heterocycles. The first-order valence-corrected chi connectivity index (χ1v) is 6.40. The van der Waals surface area contributed by atoms with E-state index in [1.807, 2.05) is 31.3 Å². The summed E-state index contributed by atoms with van der Waals surface area (Å²) in [6, 6.07) is 7.93. The van der Waals surface area contributed by atoms with Gasteiger partial charge in [-0.3, -0.25) is 4.68 Å². The Kier molecular flexibility index (Phi) is 2.98. The van der Waals surface area contributed by atoms with E-state index in [2.05, 4.69) is 27.3 Å². The van der Waals surface area contributed by atoms with E-state index in [1.54, 1.807) is 17.2 Å². The first-order chi connectivity index (χ1) is 9.65. The molecule has 3 aromatic rings. The molecule has 3 rings (SSSR count). The van der Waals surface area contributed by atoms with Gasteiger partial charge in [-0.1, -0.05) is 12.1 Å². The van der Waals surface area contributed by atoms with Crippen LogP contribution in [-0.2, 0) is 7.05 Å². The van der Waals surface area contributed by atoms with Crippen molar-refractivity contribution in [3.05, 3.63) is 42.4 Å². The number of nitrogen functional groups attached to an aromatic ring is 1. The summed E-state index contributed by atoms with van der Waals surface area (Å²) in [4.78, 5) is 8.53. The summed E-state index contributed by atoms with van der Waals surface area (Å²) >= 11 is 0. The van der Waals surface area contributed by atoms with Crippen molar-refractivity contribution in [1.29, 1.82) is 0 Å². The van der Waals surface area contributed by atoms with E-state index in [4.69, 9.17) is 5.73 Å². The number of hydrogen-bond acceptors (Lipinski definition) is 5. The predicted molar refractivity (Wildman–Crippen MR) is 79.2 cm³/mol. The van der Waals surface area contributed by atoms with Crippen LogP contribution < -0.4 is 11.1 Å². The number of aromatic nitrogens is 4. The standard InChI is InChI=1S/C14H16N6/c1-9(10-3-5-11(15)6-4-10)19-13-12-7-18-20(2)14(12)17-8-16-13/h3-9H,15H2,1-2H3,(H,16,17,19). The SMILES string of the molecule is CC(Nc1ncnc2c1cnn2C)c1ccc(N)cc1. The van der Waals surface area contributed by atoms with Crippen LogP contribution in [0.4, 0.5) is 11.5 Å². The lowest BCUT2D eigenvalue weighted by Crippen LogP contribution is -2.08. The first kappa shape index (κ1) is 12.4. The van der Waals surface area contributed by atoms with Crippen molar-refractivity contribution in [2.24, 2.45) is 7.05 Å². The molecule has 2 aromatic heterocycles. The summed E-state index contributed by atoms with van der Waals surface area (Å²) in [5, 5.41) is 8.51. The lowest BCUT2D eigenvalue weighted by molar-refractivity contribution is 0.785. The Balaban J connectivity index is 1.91. The molecule has 0 radical (unpaired) electrons. The molecule has 3 N–H and O–H groups in total. The van der Waals surface area contributed by atoms with Gasteiger partial charge in [-0.15, -0.1) is 0 Å². The minimum absolute atomic E-state index is 0.119. The third kappa shape index (κ3) is 2.16. The van der Waals surface area contributed by atoms with Gasteiger partial charge in [0.15, 0.2) is 5.65 Å². The summed E-state index contributed by atoms with van der Waals surface area (Å²) in [6.45, 7) is 2.08. The fourth-order valence-electron chi connectivity index (χ4n) is 2.15. The minimum Gasteiger partial charge on any atom is -0.399 e. The van der Waals surface area contributed by atoms with E-state index in [1.165, 1.54) is 0 Å². The van der Waals surface area contributed by atoms with Crippen LogP contribution in [0.15, 0.2) is 36.8 Å². The Hall–Kier alpha value is -2.63. The molecule has 0 spiro atoms. The highest BCUT2D eigenvalue weighted by molar-refractivity contribution is 5.86. The second-order valence-corrected chi connectivity index (χ2v) is 4.76. The molecule has 6 heteroatoms. The van der Waals surface area contributed by atoms with Crippen LogP contribution in [0.1, 0.15) is 18.5 Å². The van der Waals surface area contributed by atoms with Crippen LogP contribution in [0, 0.1) is 0 Å². The summed E-state index contributed by atoms with van der Waals surface area (Å²) in [6.07, 6.45) is 3.31. The number of nitrogens with zero attached hydrogens (tertiary/aromatic N) is 4. The number of anilines is 2. The molecule has 1 atom stereocenters. The molecule has 0 fully saturated rings. The summed E-state index contributed by atoms with van der Waals surface area (Å²) in [5.74, 6) is 0.785. The smallest absolute Gasteiger partial charge is 0.163 e. The van der Waals surface area contributed by atoms with E-state index in [-0.39, 0.29) is 6.04 Å². The number of fused-ring (bicyclic) bond motifs is 1. The van der Waals surface area contributed by atoms with Gasteiger partial charge in [-0.2, -0.15) is 5.10 Å². The average molecular weight is 268 g/mol. The van der Waals surface area contributed by atoms with Gasteiger partial charge in [0.2, 0.25) is 0 Å². The molecule has 0 saturated carbocycles. The van der Waals surface area contributed by atoms with Crippen molar-refractivity contribution in [3.8, 4) is 0 Å². The number of aryl methyl sites for hydroxylation is 1. The van der Waals surface area contributed by atoms with E-state index in [0.717, 1.165) is 28.1 Å². The van der Waals surface area contributed by atoms with Crippen LogP contribution in [0.5, 0.6) is 0 Å². The van der Waals surface area contributed by atoms with Crippen molar-refractivity contribution >= 4 is 22.5 Å². The van der Waals surface area contributed by atoms with Crippen LogP contribution in [0.2, 0.25) is 0 Å². The van der Waals surface area contributed by atoms with Gasteiger partial charge in [0.05, 0.1) is 11.6 Å². The monoisotopic (exact) mass is 268 g/mol. The van der Waals surface area contributed by atoms with Crippen LogP contribution >= 0.6 is 0 Å². The molecule has 20 heavy (non-hydrogen) atoms. The maximum Gasteiger partial charge on any atom is 0.163 e. The summed E-state index contributed by atoms with van der Waals surface area (Å²) < 4.78 is 1.73. The van der Waals surface area contributed by atoms with Crippen LogP contribution in [-0.4, -0.2) is 19.7 Å². The average Bonchev–Trinajstić information content (AvgIpc) is 2.82. The lowest BCUT2D eigenvalue weighted by atomic mass is 10.1. The quantitative estimate of drug-likeness (QED) is 0.711. The molecule has 0 aliphatic heterocycles. The maximum absolute atomic E-state index is 5.70. The van der Waals surface area contributed by atoms with Crippen LogP contribution in [0.3, 0.4) is 0 Å². The minimum atomic E-state index is 0.119. The summed E-state index contributed by atoms with van der Waals surface area (Å²) in [7, 11) is 1.86. The number of nitrogens with one attached hydrogen (secondary N) is 1. The molecule has 0 aliphatic rings. The second kappa shape index (κ2) is 4.80. The van der Waals surface area contributed by atoms with E-state index in [0.29, 0.717) is 0 Å². The molecule has 102 valence electrons. The second-order valence-electron chi connectivity index (χ2n) is 4.76. The molecular formula is C14H16N6. The Labute approximate surface area is 116 Å². The van der Waals surface area contributed by atoms with Gasteiger partial charge in [-0.25, -0.2) is 9.97 Å². The van der Waals surface area contributed by atoms with Crippen molar-refractivity contribution in [2.75, 3.05) is 11.1 Å². The van der Waals surface area contributed by atoms with E-state index >= 15 is 0 Å². The molecule has 1 unspecified atom stereocenters. The molecule has 6 nitrogen and oxygen atoms in total. The van der Waals surface area contributed by atoms with Gasteiger partial charge in [0.25, 0.3) is 0 Å². The largest absolute Gasteiger partial charge is 0.399 e. The third-order valence-corrected chi connectivity index (χ3v) is 3.32. The Bertz CT molecular complexity index is 731. The number of benzene rings is 1. The highest BCUT2D eigenvalue weighted by Gasteiger charge is 2.11. The van der Waals surface area contributed by atoms with Gasteiger partial charge in [0, 0.05) is 18.8 Å². The van der Waals surface area contributed by atoms with Gasteiger partial charge in [-0.05, 0) is 24.6 Å². The lowest BCUT2D eigenvalue weighted by Gasteiger charge is -2.15. The third-order valence-electron chi connectivity index (χ3n) is 3.32.